The molecular formula is C19H20BrNO3. The molecule has 4 nitrogen and oxygen atoms in total. The zero-order valence-electron chi connectivity index (χ0n) is 13.3. The standard InChI is InChI=1S/C19H20BrNO3/c20-16-4-1-3-15(13-16)19(8-11-23-12-9-19)14-21-18(22)7-6-17-5-2-10-24-17/h1-7,10,13H,8-9,11-12,14H2,(H,21,22). The summed E-state index contributed by atoms with van der Waals surface area (Å²) in [5, 5.41) is 3.04. The fraction of sp³-hybridized carbons (Fsp3) is 0.316. The molecule has 24 heavy (non-hydrogen) atoms. The van der Waals surface area contributed by atoms with Crippen LogP contribution in [0.4, 0.5) is 0 Å². The van der Waals surface area contributed by atoms with Gasteiger partial charge in [0.15, 0.2) is 0 Å². The molecule has 0 unspecified atom stereocenters. The van der Waals surface area contributed by atoms with E-state index in [1.165, 1.54) is 11.6 Å². The molecule has 2 aromatic rings. The van der Waals surface area contributed by atoms with Crippen molar-refractivity contribution in [1.29, 1.82) is 0 Å². The second-order valence-electron chi connectivity index (χ2n) is 5.97. The summed E-state index contributed by atoms with van der Waals surface area (Å²) in [5.41, 5.74) is 1.14. The highest BCUT2D eigenvalue weighted by Gasteiger charge is 2.34. The van der Waals surface area contributed by atoms with Crippen molar-refractivity contribution < 1.29 is 13.9 Å². The van der Waals surface area contributed by atoms with Crippen molar-refractivity contribution in [3.05, 3.63) is 64.5 Å². The average molecular weight is 390 g/mol. The summed E-state index contributed by atoms with van der Waals surface area (Å²) < 4.78 is 11.8. The fourth-order valence-electron chi connectivity index (χ4n) is 3.01. The number of hydrogen-bond donors (Lipinski definition) is 1. The van der Waals surface area contributed by atoms with Crippen LogP contribution in [0.3, 0.4) is 0 Å². The molecule has 1 amide bonds. The third kappa shape index (κ3) is 4.16. The van der Waals surface area contributed by atoms with Gasteiger partial charge < -0.3 is 14.5 Å². The van der Waals surface area contributed by atoms with Crippen LogP contribution in [0.1, 0.15) is 24.2 Å². The Balaban J connectivity index is 1.69. The zero-order valence-corrected chi connectivity index (χ0v) is 14.9. The first-order valence-corrected chi connectivity index (χ1v) is 8.80. The quantitative estimate of drug-likeness (QED) is 0.788. The molecule has 1 aliphatic rings. The minimum Gasteiger partial charge on any atom is -0.465 e. The first-order chi connectivity index (χ1) is 11.7. The molecule has 1 saturated heterocycles. The van der Waals surface area contributed by atoms with Gasteiger partial charge in [-0.1, -0.05) is 28.1 Å². The van der Waals surface area contributed by atoms with Crippen LogP contribution in [-0.4, -0.2) is 25.7 Å². The molecule has 0 radical (unpaired) electrons. The van der Waals surface area contributed by atoms with Gasteiger partial charge in [0.05, 0.1) is 6.26 Å². The van der Waals surface area contributed by atoms with E-state index in [-0.39, 0.29) is 11.3 Å². The zero-order chi connectivity index (χ0) is 16.8. The Morgan fingerprint density at radius 2 is 2.08 bits per heavy atom. The highest BCUT2D eigenvalue weighted by atomic mass is 79.9. The number of halogens is 1. The fourth-order valence-corrected chi connectivity index (χ4v) is 3.41. The molecule has 2 heterocycles. The van der Waals surface area contributed by atoms with Gasteiger partial charge in [0.1, 0.15) is 5.76 Å². The summed E-state index contributed by atoms with van der Waals surface area (Å²) in [5.74, 6) is 0.546. The number of rotatable bonds is 5. The van der Waals surface area contributed by atoms with E-state index in [0.717, 1.165) is 17.3 Å². The van der Waals surface area contributed by atoms with E-state index in [9.17, 15) is 4.79 Å². The summed E-state index contributed by atoms with van der Waals surface area (Å²) in [7, 11) is 0. The Labute approximate surface area is 150 Å². The van der Waals surface area contributed by atoms with Crippen LogP contribution in [0.15, 0.2) is 57.6 Å². The van der Waals surface area contributed by atoms with E-state index in [4.69, 9.17) is 9.15 Å². The van der Waals surface area contributed by atoms with Gasteiger partial charge in [-0.2, -0.15) is 0 Å². The number of hydrogen-bond acceptors (Lipinski definition) is 3. The molecule has 0 bridgehead atoms. The molecule has 0 aliphatic carbocycles. The topological polar surface area (TPSA) is 51.5 Å². The van der Waals surface area contributed by atoms with Gasteiger partial charge in [0.25, 0.3) is 0 Å². The van der Waals surface area contributed by atoms with Gasteiger partial charge in [-0.3, -0.25) is 4.79 Å². The number of furan rings is 1. The van der Waals surface area contributed by atoms with E-state index >= 15 is 0 Å². The minimum atomic E-state index is -0.118. The Bertz CT molecular complexity index is 703. The maximum absolute atomic E-state index is 12.1. The number of benzene rings is 1. The Kier molecular flexibility index (Phi) is 5.53. The number of ether oxygens (including phenoxy) is 1. The van der Waals surface area contributed by atoms with Gasteiger partial charge in [0.2, 0.25) is 5.91 Å². The van der Waals surface area contributed by atoms with Crippen LogP contribution in [0.5, 0.6) is 0 Å². The molecule has 1 aromatic heterocycles. The number of carbonyl (C=O) groups excluding carboxylic acids is 1. The van der Waals surface area contributed by atoms with Gasteiger partial charge >= 0.3 is 0 Å². The number of nitrogens with one attached hydrogen (secondary N) is 1. The van der Waals surface area contributed by atoms with Gasteiger partial charge in [-0.25, -0.2) is 0 Å². The molecule has 0 atom stereocenters. The SMILES string of the molecule is O=C(C=Cc1ccco1)NCC1(c2cccc(Br)c2)CCOCC1. The summed E-state index contributed by atoms with van der Waals surface area (Å²) in [6, 6.07) is 11.9. The summed E-state index contributed by atoms with van der Waals surface area (Å²) in [6.07, 6.45) is 6.55. The Morgan fingerprint density at radius 3 is 2.79 bits per heavy atom. The third-order valence-corrected chi connectivity index (χ3v) is 4.92. The molecule has 5 heteroatoms. The van der Waals surface area contributed by atoms with Crippen LogP contribution >= 0.6 is 15.9 Å². The molecule has 1 fully saturated rings. The highest BCUT2D eigenvalue weighted by molar-refractivity contribution is 9.10. The monoisotopic (exact) mass is 389 g/mol. The number of amides is 1. The van der Waals surface area contributed by atoms with Gasteiger partial charge in [-0.15, -0.1) is 0 Å². The molecule has 3 rings (SSSR count). The normalized spacial score (nSPS) is 17.0. The van der Waals surface area contributed by atoms with Crippen molar-refractivity contribution in [1.82, 2.24) is 5.32 Å². The molecule has 1 aliphatic heterocycles. The van der Waals surface area contributed by atoms with Crippen LogP contribution in [0.2, 0.25) is 0 Å². The van der Waals surface area contributed by atoms with Crippen LogP contribution < -0.4 is 5.32 Å². The van der Waals surface area contributed by atoms with Crippen molar-refractivity contribution in [3.8, 4) is 0 Å². The number of carbonyl (C=O) groups is 1. The van der Waals surface area contributed by atoms with Crippen molar-refractivity contribution in [2.24, 2.45) is 0 Å². The summed E-state index contributed by atoms with van der Waals surface area (Å²) in [6.45, 7) is 2.02. The highest BCUT2D eigenvalue weighted by Crippen LogP contribution is 2.35. The average Bonchev–Trinajstić information content (AvgIpc) is 3.12. The Hall–Kier alpha value is -1.85. The van der Waals surface area contributed by atoms with Gasteiger partial charge in [-0.05, 0) is 48.7 Å². The maximum Gasteiger partial charge on any atom is 0.244 e. The van der Waals surface area contributed by atoms with Crippen molar-refractivity contribution >= 4 is 27.9 Å². The largest absolute Gasteiger partial charge is 0.465 e. The van der Waals surface area contributed by atoms with Crippen molar-refractivity contribution in [3.63, 3.8) is 0 Å². The second-order valence-corrected chi connectivity index (χ2v) is 6.89. The maximum atomic E-state index is 12.1. The second kappa shape index (κ2) is 7.81. The van der Waals surface area contributed by atoms with E-state index in [0.29, 0.717) is 25.5 Å². The van der Waals surface area contributed by atoms with Crippen molar-refractivity contribution in [2.45, 2.75) is 18.3 Å². The van der Waals surface area contributed by atoms with Crippen molar-refractivity contribution in [2.75, 3.05) is 19.8 Å². The lowest BCUT2D eigenvalue weighted by Gasteiger charge is -2.38. The first-order valence-electron chi connectivity index (χ1n) is 8.01. The molecule has 126 valence electrons. The molecular weight excluding hydrogens is 370 g/mol. The minimum absolute atomic E-state index is 0.0871. The summed E-state index contributed by atoms with van der Waals surface area (Å²) >= 11 is 3.54. The Morgan fingerprint density at radius 1 is 1.25 bits per heavy atom. The lowest BCUT2D eigenvalue weighted by Crippen LogP contribution is -2.44. The van der Waals surface area contributed by atoms with Crippen LogP contribution in [0, 0.1) is 0 Å². The molecule has 1 N–H and O–H groups in total. The van der Waals surface area contributed by atoms with Crippen LogP contribution in [-0.2, 0) is 14.9 Å². The predicted molar refractivity (Wildman–Crippen MR) is 96.6 cm³/mol. The molecule has 0 saturated carbocycles. The van der Waals surface area contributed by atoms with E-state index in [1.807, 2.05) is 18.2 Å². The third-order valence-electron chi connectivity index (χ3n) is 4.43. The molecule has 0 spiro atoms. The van der Waals surface area contributed by atoms with Crippen LogP contribution in [0.25, 0.3) is 6.08 Å². The van der Waals surface area contributed by atoms with E-state index in [2.05, 4.69) is 33.4 Å². The first kappa shape index (κ1) is 17.0. The lowest BCUT2D eigenvalue weighted by molar-refractivity contribution is -0.116. The van der Waals surface area contributed by atoms with E-state index < -0.39 is 0 Å². The summed E-state index contributed by atoms with van der Waals surface area (Å²) in [4.78, 5) is 12.1. The van der Waals surface area contributed by atoms with E-state index in [1.54, 1.807) is 18.4 Å². The molecule has 1 aromatic carbocycles. The van der Waals surface area contributed by atoms with Gasteiger partial charge in [0, 0.05) is 35.7 Å². The lowest BCUT2D eigenvalue weighted by atomic mass is 9.74. The smallest absolute Gasteiger partial charge is 0.244 e. The predicted octanol–water partition coefficient (Wildman–Crippen LogP) is 3.92.